The van der Waals surface area contributed by atoms with Crippen molar-refractivity contribution in [3.63, 3.8) is 0 Å². The van der Waals surface area contributed by atoms with E-state index in [9.17, 15) is 0 Å². The van der Waals surface area contributed by atoms with E-state index in [0.717, 1.165) is 5.02 Å². The van der Waals surface area contributed by atoms with Gasteiger partial charge in [-0.05, 0) is 52.9 Å². The largest absolute Gasteiger partial charge is 0.0843 e. The van der Waals surface area contributed by atoms with Gasteiger partial charge in [-0.1, -0.05) is 66.2 Å². The fourth-order valence-electron chi connectivity index (χ4n) is 2.37. The summed E-state index contributed by atoms with van der Waals surface area (Å²) < 4.78 is 0. The Balaban J connectivity index is 2.09. The lowest BCUT2D eigenvalue weighted by atomic mass is 9.95. The first kappa shape index (κ1) is 13.0. The summed E-state index contributed by atoms with van der Waals surface area (Å²) in [5, 5.41) is 0.768. The van der Waals surface area contributed by atoms with Crippen molar-refractivity contribution in [1.29, 1.82) is 0 Å². The lowest BCUT2D eigenvalue weighted by Gasteiger charge is -2.09. The molecule has 20 heavy (non-hydrogen) atoms. The number of rotatable bonds is 2. The zero-order valence-corrected chi connectivity index (χ0v) is 12.1. The zero-order valence-electron chi connectivity index (χ0n) is 11.3. The zero-order chi connectivity index (χ0) is 13.9. The molecule has 0 amide bonds. The molecule has 0 spiro atoms. The van der Waals surface area contributed by atoms with Gasteiger partial charge >= 0.3 is 0 Å². The number of halogens is 1. The third kappa shape index (κ3) is 2.61. The highest BCUT2D eigenvalue weighted by molar-refractivity contribution is 6.30. The molecule has 0 aliphatic rings. The molecule has 0 saturated carbocycles. The highest BCUT2D eigenvalue weighted by atomic mass is 35.5. The van der Waals surface area contributed by atoms with Crippen LogP contribution in [0.15, 0.2) is 72.8 Å². The van der Waals surface area contributed by atoms with Crippen LogP contribution >= 0.6 is 11.6 Å². The molecule has 0 unspecified atom stereocenters. The fraction of sp³-hybridized carbons (Fsp3) is 0.0526. The predicted molar refractivity (Wildman–Crippen MR) is 87.1 cm³/mol. The molecule has 0 radical (unpaired) electrons. The van der Waals surface area contributed by atoms with Crippen LogP contribution in [0.25, 0.3) is 22.3 Å². The number of benzene rings is 3. The third-order valence-electron chi connectivity index (χ3n) is 3.50. The Kier molecular flexibility index (Phi) is 3.58. The molecule has 0 aromatic heterocycles. The van der Waals surface area contributed by atoms with Crippen LogP contribution in [-0.2, 0) is 0 Å². The molecule has 98 valence electrons. The van der Waals surface area contributed by atoms with Crippen LogP contribution in [0.1, 0.15) is 5.56 Å². The summed E-state index contributed by atoms with van der Waals surface area (Å²) in [5.74, 6) is 0. The van der Waals surface area contributed by atoms with Gasteiger partial charge in [-0.15, -0.1) is 0 Å². The first-order chi connectivity index (χ1) is 9.74. The van der Waals surface area contributed by atoms with Gasteiger partial charge in [-0.3, -0.25) is 0 Å². The Morgan fingerprint density at radius 1 is 0.650 bits per heavy atom. The topological polar surface area (TPSA) is 0 Å². The van der Waals surface area contributed by atoms with Crippen molar-refractivity contribution >= 4 is 11.6 Å². The van der Waals surface area contributed by atoms with Gasteiger partial charge in [0.15, 0.2) is 0 Å². The molecule has 0 bridgehead atoms. The molecule has 3 rings (SSSR count). The molecular formula is C19H15Cl. The second-order valence-corrected chi connectivity index (χ2v) is 5.34. The molecule has 3 aromatic carbocycles. The first-order valence-corrected chi connectivity index (χ1v) is 7.04. The molecule has 0 atom stereocenters. The van der Waals surface area contributed by atoms with Crippen molar-refractivity contribution in [3.05, 3.63) is 83.4 Å². The summed E-state index contributed by atoms with van der Waals surface area (Å²) in [4.78, 5) is 0. The minimum Gasteiger partial charge on any atom is -0.0843 e. The Morgan fingerprint density at radius 3 is 2.00 bits per heavy atom. The number of hydrogen-bond acceptors (Lipinski definition) is 0. The highest BCUT2D eigenvalue weighted by Crippen LogP contribution is 2.29. The van der Waals surface area contributed by atoms with Crippen LogP contribution in [-0.4, -0.2) is 0 Å². The van der Waals surface area contributed by atoms with E-state index >= 15 is 0 Å². The lowest BCUT2D eigenvalue weighted by Crippen LogP contribution is -1.85. The quantitative estimate of drug-likeness (QED) is 0.541. The maximum Gasteiger partial charge on any atom is 0.0406 e. The van der Waals surface area contributed by atoms with E-state index in [1.165, 1.54) is 27.8 Å². The van der Waals surface area contributed by atoms with Gasteiger partial charge in [0.1, 0.15) is 0 Å². The maximum absolute atomic E-state index is 5.95. The molecule has 0 aliphatic heterocycles. The summed E-state index contributed by atoms with van der Waals surface area (Å²) in [6.07, 6.45) is 0. The van der Waals surface area contributed by atoms with Crippen LogP contribution in [0.5, 0.6) is 0 Å². The summed E-state index contributed by atoms with van der Waals surface area (Å²) >= 11 is 5.95. The van der Waals surface area contributed by atoms with Crippen LogP contribution in [0, 0.1) is 6.92 Å². The highest BCUT2D eigenvalue weighted by Gasteiger charge is 2.04. The van der Waals surface area contributed by atoms with Crippen LogP contribution in [0.2, 0.25) is 5.02 Å². The van der Waals surface area contributed by atoms with Gasteiger partial charge in [0.05, 0.1) is 0 Å². The predicted octanol–water partition coefficient (Wildman–Crippen LogP) is 5.98. The Labute approximate surface area is 124 Å². The molecule has 0 N–H and O–H groups in total. The van der Waals surface area contributed by atoms with Crippen LogP contribution in [0.4, 0.5) is 0 Å². The van der Waals surface area contributed by atoms with E-state index in [-0.39, 0.29) is 0 Å². The Morgan fingerprint density at radius 2 is 1.30 bits per heavy atom. The normalized spacial score (nSPS) is 10.5. The molecule has 1 heteroatoms. The SMILES string of the molecule is Cc1ccc(-c2ccc(Cl)cc2)cc1-c1ccccc1. The maximum atomic E-state index is 5.95. The van der Waals surface area contributed by atoms with E-state index in [1.807, 2.05) is 18.2 Å². The van der Waals surface area contributed by atoms with Crippen molar-refractivity contribution in [2.24, 2.45) is 0 Å². The van der Waals surface area contributed by atoms with Crippen LogP contribution < -0.4 is 0 Å². The van der Waals surface area contributed by atoms with Crippen LogP contribution in [0.3, 0.4) is 0 Å². The van der Waals surface area contributed by atoms with Gasteiger partial charge in [0.25, 0.3) is 0 Å². The summed E-state index contributed by atoms with van der Waals surface area (Å²) in [5.41, 5.74) is 6.21. The number of hydrogen-bond donors (Lipinski definition) is 0. The molecular weight excluding hydrogens is 264 g/mol. The molecule has 3 aromatic rings. The Hall–Kier alpha value is -2.05. The van der Waals surface area contributed by atoms with E-state index in [4.69, 9.17) is 11.6 Å². The van der Waals surface area contributed by atoms with Crippen molar-refractivity contribution in [3.8, 4) is 22.3 Å². The van der Waals surface area contributed by atoms with E-state index in [0.29, 0.717) is 0 Å². The van der Waals surface area contributed by atoms with Gasteiger partial charge in [0, 0.05) is 5.02 Å². The summed E-state index contributed by atoms with van der Waals surface area (Å²) in [6, 6.07) is 25.0. The van der Waals surface area contributed by atoms with E-state index in [1.54, 1.807) is 0 Å². The monoisotopic (exact) mass is 278 g/mol. The smallest absolute Gasteiger partial charge is 0.0406 e. The van der Waals surface area contributed by atoms with Crippen molar-refractivity contribution in [1.82, 2.24) is 0 Å². The molecule has 0 fully saturated rings. The second-order valence-electron chi connectivity index (χ2n) is 4.90. The van der Waals surface area contributed by atoms with Gasteiger partial charge in [-0.25, -0.2) is 0 Å². The van der Waals surface area contributed by atoms with Crippen molar-refractivity contribution in [2.75, 3.05) is 0 Å². The average molecular weight is 279 g/mol. The average Bonchev–Trinajstić information content (AvgIpc) is 2.50. The second kappa shape index (κ2) is 5.52. The third-order valence-corrected chi connectivity index (χ3v) is 3.75. The minimum absolute atomic E-state index is 0.768. The fourth-order valence-corrected chi connectivity index (χ4v) is 2.50. The van der Waals surface area contributed by atoms with Gasteiger partial charge in [0.2, 0.25) is 0 Å². The summed E-state index contributed by atoms with van der Waals surface area (Å²) in [7, 11) is 0. The molecule has 0 heterocycles. The molecule has 0 nitrogen and oxygen atoms in total. The Bertz CT molecular complexity index is 713. The lowest BCUT2D eigenvalue weighted by molar-refractivity contribution is 1.45. The minimum atomic E-state index is 0.768. The van der Waals surface area contributed by atoms with Crippen molar-refractivity contribution < 1.29 is 0 Å². The number of aryl methyl sites for hydroxylation is 1. The molecule has 0 aliphatic carbocycles. The van der Waals surface area contributed by atoms with E-state index < -0.39 is 0 Å². The molecule has 0 saturated heterocycles. The van der Waals surface area contributed by atoms with Crippen molar-refractivity contribution in [2.45, 2.75) is 6.92 Å². The summed E-state index contributed by atoms with van der Waals surface area (Å²) in [6.45, 7) is 2.15. The standard InChI is InChI=1S/C19H15Cl/c1-14-7-8-17(15-9-11-18(20)12-10-15)13-19(14)16-5-3-2-4-6-16/h2-13H,1H3. The first-order valence-electron chi connectivity index (χ1n) is 6.66. The van der Waals surface area contributed by atoms with E-state index in [2.05, 4.69) is 61.5 Å². The van der Waals surface area contributed by atoms with Gasteiger partial charge < -0.3 is 0 Å². The van der Waals surface area contributed by atoms with Gasteiger partial charge in [-0.2, -0.15) is 0 Å².